The number of benzene rings is 1. The van der Waals surface area contributed by atoms with Crippen LogP contribution in [0.2, 0.25) is 0 Å². The van der Waals surface area contributed by atoms with Crippen LogP contribution in [0.25, 0.3) is 0 Å². The van der Waals surface area contributed by atoms with Crippen LogP contribution in [-0.4, -0.2) is 36.6 Å². The predicted molar refractivity (Wildman–Crippen MR) is 59.3 cm³/mol. The van der Waals surface area contributed by atoms with Crippen LogP contribution < -0.4 is 10.1 Å². The van der Waals surface area contributed by atoms with E-state index in [4.69, 9.17) is 14.9 Å². The van der Waals surface area contributed by atoms with Gasteiger partial charge in [0.1, 0.15) is 5.75 Å². The van der Waals surface area contributed by atoms with Gasteiger partial charge in [0.05, 0.1) is 19.8 Å². The standard InChI is InChI=1S/C11H17NO3/c1-8-5-9(3-4-11(8)15-2)12-6-10(14)7-13/h3-5,10,12-14H,6-7H2,1-2H3/t10-/m0/s1. The Balaban J connectivity index is 2.59. The van der Waals surface area contributed by atoms with Gasteiger partial charge in [-0.1, -0.05) is 0 Å². The van der Waals surface area contributed by atoms with E-state index in [1.54, 1.807) is 7.11 Å². The lowest BCUT2D eigenvalue weighted by molar-refractivity contribution is 0.105. The Morgan fingerprint density at radius 3 is 2.73 bits per heavy atom. The number of aryl methyl sites for hydroxylation is 1. The van der Waals surface area contributed by atoms with Crippen LogP contribution in [0.4, 0.5) is 5.69 Å². The maximum atomic E-state index is 9.15. The second-order valence-electron chi connectivity index (χ2n) is 3.40. The molecule has 0 fully saturated rings. The summed E-state index contributed by atoms with van der Waals surface area (Å²) in [7, 11) is 1.63. The molecular formula is C11H17NO3. The molecule has 0 saturated carbocycles. The zero-order chi connectivity index (χ0) is 11.3. The van der Waals surface area contributed by atoms with Crippen molar-refractivity contribution in [2.75, 3.05) is 25.6 Å². The summed E-state index contributed by atoms with van der Waals surface area (Å²) in [5.41, 5.74) is 1.93. The summed E-state index contributed by atoms with van der Waals surface area (Å²) < 4.78 is 5.13. The second kappa shape index (κ2) is 5.58. The summed E-state index contributed by atoms with van der Waals surface area (Å²) in [6.45, 7) is 2.05. The Morgan fingerprint density at radius 2 is 2.20 bits per heavy atom. The van der Waals surface area contributed by atoms with Gasteiger partial charge in [0.25, 0.3) is 0 Å². The van der Waals surface area contributed by atoms with Crippen LogP contribution in [0.5, 0.6) is 5.75 Å². The van der Waals surface area contributed by atoms with E-state index >= 15 is 0 Å². The van der Waals surface area contributed by atoms with Crippen molar-refractivity contribution in [2.45, 2.75) is 13.0 Å². The van der Waals surface area contributed by atoms with E-state index in [1.165, 1.54) is 0 Å². The fourth-order valence-electron chi connectivity index (χ4n) is 1.29. The third-order valence-electron chi connectivity index (χ3n) is 2.15. The van der Waals surface area contributed by atoms with Crippen LogP contribution in [0, 0.1) is 6.92 Å². The minimum atomic E-state index is -0.729. The highest BCUT2D eigenvalue weighted by Gasteiger charge is 2.03. The highest BCUT2D eigenvalue weighted by molar-refractivity contribution is 5.50. The summed E-state index contributed by atoms with van der Waals surface area (Å²) in [5, 5.41) is 20.8. The lowest BCUT2D eigenvalue weighted by atomic mass is 10.2. The van der Waals surface area contributed by atoms with Gasteiger partial charge in [0.2, 0.25) is 0 Å². The first-order valence-electron chi connectivity index (χ1n) is 4.84. The number of aliphatic hydroxyl groups is 2. The molecule has 4 nitrogen and oxygen atoms in total. The van der Waals surface area contributed by atoms with E-state index in [9.17, 15) is 0 Å². The first kappa shape index (κ1) is 11.8. The summed E-state index contributed by atoms with van der Waals surface area (Å²) in [5.74, 6) is 0.836. The monoisotopic (exact) mass is 211 g/mol. The van der Waals surface area contributed by atoms with Gasteiger partial charge in [-0.05, 0) is 30.7 Å². The van der Waals surface area contributed by atoms with Gasteiger partial charge < -0.3 is 20.3 Å². The maximum Gasteiger partial charge on any atom is 0.121 e. The second-order valence-corrected chi connectivity index (χ2v) is 3.40. The molecule has 84 valence electrons. The molecule has 4 heteroatoms. The quantitative estimate of drug-likeness (QED) is 0.673. The molecule has 0 spiro atoms. The molecular weight excluding hydrogens is 194 g/mol. The van der Waals surface area contributed by atoms with Gasteiger partial charge in [-0.3, -0.25) is 0 Å². The van der Waals surface area contributed by atoms with Crippen LogP contribution in [0.1, 0.15) is 5.56 Å². The Bertz CT molecular complexity index is 315. The number of methoxy groups -OCH3 is 1. The van der Waals surface area contributed by atoms with E-state index in [0.29, 0.717) is 6.54 Å². The summed E-state index contributed by atoms with van der Waals surface area (Å²) >= 11 is 0. The molecule has 0 aliphatic rings. The Kier molecular flexibility index (Phi) is 4.39. The van der Waals surface area contributed by atoms with Crippen molar-refractivity contribution in [3.8, 4) is 5.75 Å². The Hall–Kier alpha value is -1.26. The first-order chi connectivity index (χ1) is 7.17. The first-order valence-corrected chi connectivity index (χ1v) is 4.84. The summed E-state index contributed by atoms with van der Waals surface area (Å²) in [6.07, 6.45) is -0.729. The molecule has 0 bridgehead atoms. The van der Waals surface area contributed by atoms with E-state index in [-0.39, 0.29) is 6.61 Å². The average molecular weight is 211 g/mol. The molecule has 0 amide bonds. The van der Waals surface area contributed by atoms with Crippen molar-refractivity contribution in [3.05, 3.63) is 23.8 Å². The minimum absolute atomic E-state index is 0.234. The molecule has 1 rings (SSSR count). The Morgan fingerprint density at radius 1 is 1.47 bits per heavy atom. The van der Waals surface area contributed by atoms with Gasteiger partial charge in [-0.2, -0.15) is 0 Å². The lowest BCUT2D eigenvalue weighted by Gasteiger charge is -2.12. The summed E-state index contributed by atoms with van der Waals surface area (Å²) in [6, 6.07) is 5.67. The number of anilines is 1. The number of hydrogen-bond acceptors (Lipinski definition) is 4. The molecule has 15 heavy (non-hydrogen) atoms. The van der Waals surface area contributed by atoms with Crippen molar-refractivity contribution in [1.29, 1.82) is 0 Å². The molecule has 1 aromatic rings. The van der Waals surface area contributed by atoms with Gasteiger partial charge in [0, 0.05) is 12.2 Å². The lowest BCUT2D eigenvalue weighted by Crippen LogP contribution is -2.22. The van der Waals surface area contributed by atoms with Crippen LogP contribution in [0.3, 0.4) is 0 Å². The molecule has 0 radical (unpaired) electrons. The SMILES string of the molecule is COc1ccc(NC[C@H](O)CO)cc1C. The molecule has 0 aliphatic carbocycles. The molecule has 1 aromatic carbocycles. The average Bonchev–Trinajstić information content (AvgIpc) is 2.26. The van der Waals surface area contributed by atoms with Crippen molar-refractivity contribution < 1.29 is 14.9 Å². The smallest absolute Gasteiger partial charge is 0.121 e. The van der Waals surface area contributed by atoms with Crippen LogP contribution >= 0.6 is 0 Å². The molecule has 3 N–H and O–H groups in total. The molecule has 0 unspecified atom stereocenters. The Labute approximate surface area is 89.5 Å². The molecule has 0 saturated heterocycles. The van der Waals surface area contributed by atoms with Crippen molar-refractivity contribution in [2.24, 2.45) is 0 Å². The number of nitrogens with one attached hydrogen (secondary N) is 1. The fraction of sp³-hybridized carbons (Fsp3) is 0.455. The largest absolute Gasteiger partial charge is 0.496 e. The van der Waals surface area contributed by atoms with E-state index < -0.39 is 6.10 Å². The normalized spacial score (nSPS) is 12.3. The maximum absolute atomic E-state index is 9.15. The minimum Gasteiger partial charge on any atom is -0.496 e. The molecule has 0 aliphatic heterocycles. The highest BCUT2D eigenvalue weighted by Crippen LogP contribution is 2.21. The van der Waals surface area contributed by atoms with Gasteiger partial charge in [0.15, 0.2) is 0 Å². The third-order valence-corrected chi connectivity index (χ3v) is 2.15. The zero-order valence-corrected chi connectivity index (χ0v) is 9.03. The van der Waals surface area contributed by atoms with Crippen LogP contribution in [-0.2, 0) is 0 Å². The predicted octanol–water partition coefficient (Wildman–Crippen LogP) is 0.769. The van der Waals surface area contributed by atoms with Gasteiger partial charge in [-0.15, -0.1) is 0 Å². The third kappa shape index (κ3) is 3.42. The zero-order valence-electron chi connectivity index (χ0n) is 9.03. The molecule has 0 heterocycles. The van der Waals surface area contributed by atoms with Gasteiger partial charge >= 0.3 is 0 Å². The van der Waals surface area contributed by atoms with E-state index in [2.05, 4.69) is 5.32 Å². The molecule has 1 atom stereocenters. The number of hydrogen-bond donors (Lipinski definition) is 3. The summed E-state index contributed by atoms with van der Waals surface area (Å²) in [4.78, 5) is 0. The van der Waals surface area contributed by atoms with E-state index in [0.717, 1.165) is 17.0 Å². The van der Waals surface area contributed by atoms with E-state index in [1.807, 2.05) is 25.1 Å². The van der Waals surface area contributed by atoms with Crippen molar-refractivity contribution in [3.63, 3.8) is 0 Å². The number of aliphatic hydroxyl groups excluding tert-OH is 2. The van der Waals surface area contributed by atoms with Crippen LogP contribution in [0.15, 0.2) is 18.2 Å². The number of rotatable bonds is 5. The number of ether oxygens (including phenoxy) is 1. The molecule has 0 aromatic heterocycles. The fourth-order valence-corrected chi connectivity index (χ4v) is 1.29. The van der Waals surface area contributed by atoms with Crippen molar-refractivity contribution >= 4 is 5.69 Å². The van der Waals surface area contributed by atoms with Crippen molar-refractivity contribution in [1.82, 2.24) is 0 Å². The topological polar surface area (TPSA) is 61.7 Å². The van der Waals surface area contributed by atoms with Gasteiger partial charge in [-0.25, -0.2) is 0 Å². The highest BCUT2D eigenvalue weighted by atomic mass is 16.5.